The Morgan fingerprint density at radius 3 is 2.62 bits per heavy atom. The number of hydrogen-bond donors (Lipinski definition) is 1. The maximum absolute atomic E-state index is 13.2. The van der Waals surface area contributed by atoms with E-state index in [-0.39, 0.29) is 16.6 Å². The first-order valence-corrected chi connectivity index (χ1v) is 4.34. The van der Waals surface area contributed by atoms with E-state index in [4.69, 9.17) is 5.21 Å². The molecule has 2 nitrogen and oxygen atoms in total. The summed E-state index contributed by atoms with van der Waals surface area (Å²) in [5, 5.41) is 9.67. The van der Waals surface area contributed by atoms with Gasteiger partial charge in [-0.05, 0) is 22.0 Å². The lowest BCUT2D eigenvalue weighted by Crippen LogP contribution is -2.13. The van der Waals surface area contributed by atoms with Gasteiger partial charge in [0.05, 0.1) is 11.0 Å². The zero-order valence-electron chi connectivity index (χ0n) is 6.89. The highest BCUT2D eigenvalue weighted by atomic mass is 79.9. The highest BCUT2D eigenvalue weighted by molar-refractivity contribution is 9.10. The Hall–Kier alpha value is -0.520. The number of rotatable bonds is 2. The van der Waals surface area contributed by atoms with Gasteiger partial charge in [-0.3, -0.25) is 0 Å². The van der Waals surface area contributed by atoms with Gasteiger partial charge >= 0.3 is 0 Å². The second-order valence-electron chi connectivity index (χ2n) is 2.65. The molecule has 0 fully saturated rings. The molecule has 72 valence electrons. The lowest BCUT2D eigenvalue weighted by atomic mass is 10.2. The van der Waals surface area contributed by atoms with E-state index >= 15 is 0 Å². The van der Waals surface area contributed by atoms with Gasteiger partial charge in [0.25, 0.3) is 0 Å². The quantitative estimate of drug-likeness (QED) is 0.645. The van der Waals surface area contributed by atoms with Crippen molar-refractivity contribution in [3.8, 4) is 0 Å². The average Bonchev–Trinajstić information content (AvgIpc) is 2.06. The molecule has 1 N–H and O–H groups in total. The zero-order chi connectivity index (χ0) is 10.0. The molecule has 5 heteroatoms. The first-order valence-electron chi connectivity index (χ1n) is 3.54. The Morgan fingerprint density at radius 1 is 1.46 bits per heavy atom. The molecule has 0 aliphatic rings. The number of benzene rings is 1. The molecule has 0 radical (unpaired) electrons. The van der Waals surface area contributed by atoms with Crippen molar-refractivity contribution in [2.45, 2.75) is 6.54 Å². The second kappa shape index (κ2) is 4.13. The van der Waals surface area contributed by atoms with Crippen LogP contribution in [0.1, 0.15) is 5.56 Å². The summed E-state index contributed by atoms with van der Waals surface area (Å²) in [6.07, 6.45) is 0. The molecule has 0 unspecified atom stereocenters. The lowest BCUT2D eigenvalue weighted by Gasteiger charge is -2.09. The molecule has 0 aliphatic heterocycles. The van der Waals surface area contributed by atoms with Gasteiger partial charge in [-0.15, -0.1) is 0 Å². The second-order valence-corrected chi connectivity index (χ2v) is 3.44. The monoisotopic (exact) mass is 251 g/mol. The number of hydroxylamine groups is 2. The molecule has 0 spiro atoms. The van der Waals surface area contributed by atoms with E-state index in [1.165, 1.54) is 13.1 Å². The fourth-order valence-electron chi connectivity index (χ4n) is 0.935. The molecule has 1 aromatic rings. The third-order valence-corrected chi connectivity index (χ3v) is 2.24. The summed E-state index contributed by atoms with van der Waals surface area (Å²) in [5.41, 5.74) is 0.235. The summed E-state index contributed by atoms with van der Waals surface area (Å²) in [6, 6.07) is 2.44. The van der Waals surface area contributed by atoms with Crippen LogP contribution < -0.4 is 0 Å². The Labute approximate surface area is 82.9 Å². The molecule has 1 aromatic carbocycles. The summed E-state index contributed by atoms with van der Waals surface area (Å²) in [4.78, 5) is 0. The third kappa shape index (κ3) is 2.46. The SMILES string of the molecule is CN(O)Cc1ccc(F)c(Br)c1F. The maximum Gasteiger partial charge on any atom is 0.144 e. The number of nitrogens with zero attached hydrogens (tertiary/aromatic N) is 1. The van der Waals surface area contributed by atoms with Crippen molar-refractivity contribution in [1.29, 1.82) is 0 Å². The number of halogens is 3. The Bertz CT molecular complexity index is 317. The predicted octanol–water partition coefficient (Wildman–Crippen LogP) is 2.55. The van der Waals surface area contributed by atoms with Crippen molar-refractivity contribution in [1.82, 2.24) is 5.06 Å². The lowest BCUT2D eigenvalue weighted by molar-refractivity contribution is -0.0738. The van der Waals surface area contributed by atoms with E-state index in [9.17, 15) is 8.78 Å². The molecular formula is C8H8BrF2NO. The summed E-state index contributed by atoms with van der Waals surface area (Å²) in [7, 11) is 1.39. The first kappa shape index (κ1) is 10.6. The summed E-state index contributed by atoms with van der Waals surface area (Å²) in [5.74, 6) is -1.33. The van der Waals surface area contributed by atoms with Crippen LogP contribution in [0.15, 0.2) is 16.6 Å². The standard InChI is InChI=1S/C8H8BrF2NO/c1-12(13)4-5-2-3-6(10)7(9)8(5)11/h2-3,13H,4H2,1H3. The van der Waals surface area contributed by atoms with E-state index in [1.54, 1.807) is 0 Å². The van der Waals surface area contributed by atoms with Gasteiger partial charge in [0.15, 0.2) is 0 Å². The molecule has 0 saturated carbocycles. The van der Waals surface area contributed by atoms with Crippen molar-refractivity contribution in [3.05, 3.63) is 33.8 Å². The summed E-state index contributed by atoms with van der Waals surface area (Å²) < 4.78 is 25.7. The summed E-state index contributed by atoms with van der Waals surface area (Å²) in [6.45, 7) is 0.0186. The molecule has 0 amide bonds. The van der Waals surface area contributed by atoms with Crippen LogP contribution in [-0.2, 0) is 6.54 Å². The van der Waals surface area contributed by atoms with E-state index < -0.39 is 11.6 Å². The minimum absolute atomic E-state index is 0.0186. The van der Waals surface area contributed by atoms with Gasteiger partial charge in [0, 0.05) is 12.6 Å². The summed E-state index contributed by atoms with van der Waals surface area (Å²) >= 11 is 2.77. The minimum atomic E-state index is -0.680. The Morgan fingerprint density at radius 2 is 2.08 bits per heavy atom. The van der Waals surface area contributed by atoms with E-state index in [0.29, 0.717) is 0 Å². The van der Waals surface area contributed by atoms with Gasteiger partial charge < -0.3 is 5.21 Å². The van der Waals surface area contributed by atoms with Gasteiger partial charge in [0.2, 0.25) is 0 Å². The van der Waals surface area contributed by atoms with Gasteiger partial charge in [-0.2, -0.15) is 5.06 Å². The smallest absolute Gasteiger partial charge is 0.144 e. The van der Waals surface area contributed by atoms with Gasteiger partial charge in [-0.1, -0.05) is 6.07 Å². The van der Waals surface area contributed by atoms with Crippen molar-refractivity contribution in [3.63, 3.8) is 0 Å². The molecule has 0 atom stereocenters. The molecular weight excluding hydrogens is 244 g/mol. The molecule has 0 bridgehead atoms. The Kier molecular flexibility index (Phi) is 3.35. The van der Waals surface area contributed by atoms with Crippen molar-refractivity contribution < 1.29 is 14.0 Å². The van der Waals surface area contributed by atoms with Crippen molar-refractivity contribution >= 4 is 15.9 Å². The first-order chi connectivity index (χ1) is 6.02. The van der Waals surface area contributed by atoms with Crippen molar-refractivity contribution in [2.75, 3.05) is 7.05 Å². The fourth-order valence-corrected chi connectivity index (χ4v) is 1.32. The van der Waals surface area contributed by atoms with Crippen LogP contribution in [0, 0.1) is 11.6 Å². The topological polar surface area (TPSA) is 23.5 Å². The predicted molar refractivity (Wildman–Crippen MR) is 47.3 cm³/mol. The minimum Gasteiger partial charge on any atom is -0.314 e. The van der Waals surface area contributed by atoms with Crippen LogP contribution in [-0.4, -0.2) is 17.3 Å². The maximum atomic E-state index is 13.2. The molecule has 0 heterocycles. The molecule has 0 aromatic heterocycles. The van der Waals surface area contributed by atoms with E-state index in [0.717, 1.165) is 11.1 Å². The van der Waals surface area contributed by atoms with Gasteiger partial charge in [0.1, 0.15) is 11.6 Å². The normalized spacial score (nSPS) is 10.9. The highest BCUT2D eigenvalue weighted by Crippen LogP contribution is 2.22. The van der Waals surface area contributed by atoms with Crippen LogP contribution in [0.4, 0.5) is 8.78 Å². The largest absolute Gasteiger partial charge is 0.314 e. The van der Waals surface area contributed by atoms with Crippen LogP contribution >= 0.6 is 15.9 Å². The van der Waals surface area contributed by atoms with Crippen LogP contribution in [0.25, 0.3) is 0 Å². The van der Waals surface area contributed by atoms with E-state index in [1.807, 2.05) is 0 Å². The average molecular weight is 252 g/mol. The third-order valence-electron chi connectivity index (χ3n) is 1.51. The molecule has 13 heavy (non-hydrogen) atoms. The van der Waals surface area contributed by atoms with Crippen molar-refractivity contribution in [2.24, 2.45) is 0 Å². The molecule has 0 saturated heterocycles. The van der Waals surface area contributed by atoms with Crippen LogP contribution in [0.5, 0.6) is 0 Å². The van der Waals surface area contributed by atoms with E-state index in [2.05, 4.69) is 15.9 Å². The van der Waals surface area contributed by atoms with Crippen LogP contribution in [0.3, 0.4) is 0 Å². The molecule has 0 aliphatic carbocycles. The van der Waals surface area contributed by atoms with Crippen LogP contribution in [0.2, 0.25) is 0 Å². The highest BCUT2D eigenvalue weighted by Gasteiger charge is 2.11. The molecule has 1 rings (SSSR count). The van der Waals surface area contributed by atoms with Gasteiger partial charge in [-0.25, -0.2) is 8.78 Å². The fraction of sp³-hybridized carbons (Fsp3) is 0.250. The Balaban J connectivity index is 3.04. The zero-order valence-corrected chi connectivity index (χ0v) is 8.48. The number of hydrogen-bond acceptors (Lipinski definition) is 2.